The number of nitrogens with one attached hydrogen (secondary N) is 1. The zero-order chi connectivity index (χ0) is 19.4. The van der Waals surface area contributed by atoms with E-state index >= 15 is 0 Å². The molecule has 4 rings (SSSR count). The Kier molecular flexibility index (Phi) is 4.98. The molecule has 27 heavy (non-hydrogen) atoms. The van der Waals surface area contributed by atoms with Crippen molar-refractivity contribution in [2.24, 2.45) is 34.5 Å². The van der Waals surface area contributed by atoms with Crippen molar-refractivity contribution in [2.45, 2.75) is 78.7 Å². The van der Waals surface area contributed by atoms with Crippen molar-refractivity contribution in [3.63, 3.8) is 0 Å². The highest BCUT2D eigenvalue weighted by atomic mass is 16.6. The molecule has 1 unspecified atom stereocenters. The molecule has 2 heterocycles. The average Bonchev–Trinajstić information content (AvgIpc) is 2.76. The molecule has 3 nitrogen and oxygen atoms in total. The van der Waals surface area contributed by atoms with E-state index in [-0.39, 0.29) is 18.0 Å². The zero-order valence-corrected chi connectivity index (χ0v) is 18.0. The maximum Gasteiger partial charge on any atom is 0.315 e. The van der Waals surface area contributed by atoms with E-state index in [0.717, 1.165) is 25.3 Å². The number of rotatable bonds is 2. The van der Waals surface area contributed by atoms with Crippen LogP contribution in [0.15, 0.2) is 12.2 Å². The van der Waals surface area contributed by atoms with Crippen LogP contribution in [0, 0.1) is 34.5 Å². The van der Waals surface area contributed by atoms with Gasteiger partial charge in [0.25, 0.3) is 0 Å². The first kappa shape index (κ1) is 19.5. The average molecular weight is 375 g/mol. The molecule has 4 fully saturated rings. The number of ether oxygens (including phenoxy) is 1. The topological polar surface area (TPSA) is 30.7 Å². The smallest absolute Gasteiger partial charge is 0.315 e. The van der Waals surface area contributed by atoms with Gasteiger partial charge in [0, 0.05) is 11.3 Å². The Balaban J connectivity index is 1.49. The van der Waals surface area contributed by atoms with E-state index in [2.05, 4.69) is 34.3 Å². The van der Waals surface area contributed by atoms with Gasteiger partial charge in [0.05, 0.1) is 19.6 Å². The molecular formula is C24H40NO2+. The number of quaternary nitrogens is 1. The quantitative estimate of drug-likeness (QED) is 0.591. The van der Waals surface area contributed by atoms with E-state index < -0.39 is 0 Å². The van der Waals surface area contributed by atoms with Gasteiger partial charge in [-0.15, -0.1) is 0 Å². The molecule has 1 N–H and O–H groups in total. The van der Waals surface area contributed by atoms with E-state index in [4.69, 9.17) is 4.74 Å². The first-order chi connectivity index (χ1) is 12.7. The summed E-state index contributed by atoms with van der Waals surface area (Å²) in [7, 11) is 0. The Hall–Kier alpha value is -0.830. The molecule has 2 aliphatic heterocycles. The lowest BCUT2D eigenvalue weighted by Gasteiger charge is -2.50. The van der Waals surface area contributed by atoms with Crippen LogP contribution in [-0.2, 0) is 9.53 Å². The Morgan fingerprint density at radius 1 is 1.26 bits per heavy atom. The molecule has 4 aliphatic rings. The monoisotopic (exact) mass is 374 g/mol. The highest BCUT2D eigenvalue weighted by Gasteiger charge is 2.56. The van der Waals surface area contributed by atoms with Gasteiger partial charge in [-0.1, -0.05) is 39.8 Å². The molecule has 0 spiro atoms. The van der Waals surface area contributed by atoms with Crippen molar-refractivity contribution in [3.05, 3.63) is 12.2 Å². The van der Waals surface area contributed by atoms with Crippen molar-refractivity contribution < 1.29 is 14.4 Å². The fourth-order valence-corrected chi connectivity index (χ4v) is 7.31. The number of carbonyl (C=O) groups excluding carboxylic acids is 1. The van der Waals surface area contributed by atoms with Crippen LogP contribution in [0.4, 0.5) is 0 Å². The number of carbonyl (C=O) groups is 1. The summed E-state index contributed by atoms with van der Waals surface area (Å²) in [4.78, 5) is 14.5. The Bertz CT molecular complexity index is 612. The molecule has 2 aliphatic carbocycles. The van der Waals surface area contributed by atoms with Crippen molar-refractivity contribution in [1.82, 2.24) is 0 Å². The van der Waals surface area contributed by atoms with Crippen molar-refractivity contribution in [3.8, 4) is 0 Å². The third kappa shape index (κ3) is 3.73. The molecule has 2 saturated carbocycles. The zero-order valence-electron chi connectivity index (χ0n) is 18.0. The summed E-state index contributed by atoms with van der Waals surface area (Å²) in [5, 5.41) is 0. The lowest BCUT2D eigenvalue weighted by Crippen LogP contribution is -3.13. The molecule has 0 radical (unpaired) electrons. The molecule has 152 valence electrons. The van der Waals surface area contributed by atoms with E-state index in [9.17, 15) is 4.79 Å². The molecule has 7 atom stereocenters. The molecule has 0 aromatic carbocycles. The minimum absolute atomic E-state index is 0.0976. The Labute approximate surface area is 165 Å². The molecule has 0 bridgehead atoms. The molecule has 0 amide bonds. The van der Waals surface area contributed by atoms with Crippen molar-refractivity contribution in [1.29, 1.82) is 0 Å². The standard InChI is InChI=1S/C24H39NO2/c1-16-8-10-25(15-23(3,4)12-16)14-19-18-11-20-17(2)7-6-9-24(20,5)13-21(18)27-22(19)26/h16,18-21H,2,6-15H2,1,3-5H3/p+1/t16-,18+,19-,20+,21-,24-/m0/s1. The number of hydrogen-bond donors (Lipinski definition) is 1. The van der Waals surface area contributed by atoms with E-state index in [0.29, 0.717) is 22.7 Å². The predicted octanol–water partition coefficient (Wildman–Crippen LogP) is 3.64. The van der Waals surface area contributed by atoms with Crippen LogP contribution in [0.5, 0.6) is 0 Å². The third-order valence-electron chi connectivity index (χ3n) is 8.45. The molecule has 0 aromatic rings. The highest BCUT2D eigenvalue weighted by Crippen LogP contribution is 2.56. The van der Waals surface area contributed by atoms with Crippen LogP contribution >= 0.6 is 0 Å². The molecule has 2 saturated heterocycles. The largest absolute Gasteiger partial charge is 0.462 e. The van der Waals surface area contributed by atoms with Gasteiger partial charge in [0.1, 0.15) is 12.0 Å². The van der Waals surface area contributed by atoms with Gasteiger partial charge in [-0.25, -0.2) is 0 Å². The van der Waals surface area contributed by atoms with Gasteiger partial charge in [-0.05, 0) is 62.2 Å². The lowest BCUT2D eigenvalue weighted by molar-refractivity contribution is -0.907. The second-order valence-electron chi connectivity index (χ2n) is 11.5. The predicted molar refractivity (Wildman–Crippen MR) is 108 cm³/mol. The van der Waals surface area contributed by atoms with E-state index in [1.54, 1.807) is 4.90 Å². The minimum atomic E-state index is 0.0976. The van der Waals surface area contributed by atoms with Gasteiger partial charge in [0.15, 0.2) is 0 Å². The molecule has 0 aromatic heterocycles. The van der Waals surface area contributed by atoms with Gasteiger partial charge >= 0.3 is 5.97 Å². The summed E-state index contributed by atoms with van der Waals surface area (Å²) in [5.41, 5.74) is 2.12. The van der Waals surface area contributed by atoms with Gasteiger partial charge in [-0.2, -0.15) is 0 Å². The molecule has 3 heteroatoms. The molecular weight excluding hydrogens is 334 g/mol. The van der Waals surface area contributed by atoms with Crippen LogP contribution in [-0.4, -0.2) is 31.7 Å². The van der Waals surface area contributed by atoms with Gasteiger partial charge in [-0.3, -0.25) is 4.79 Å². The highest BCUT2D eigenvalue weighted by molar-refractivity contribution is 5.75. The van der Waals surface area contributed by atoms with Crippen LogP contribution < -0.4 is 4.90 Å². The van der Waals surface area contributed by atoms with Crippen LogP contribution in [0.3, 0.4) is 0 Å². The summed E-state index contributed by atoms with van der Waals surface area (Å²) >= 11 is 0. The van der Waals surface area contributed by atoms with Crippen molar-refractivity contribution in [2.75, 3.05) is 19.6 Å². The van der Waals surface area contributed by atoms with Crippen LogP contribution in [0.1, 0.15) is 72.6 Å². The first-order valence-corrected chi connectivity index (χ1v) is 11.4. The SMILES string of the molecule is C=C1CCC[C@@]2(C)C[C@@H]3OC(=O)[C@@H](C[NH+]4CC[C@H](C)CC(C)(C)C4)[C@H]3C[C@H]12. The number of esters is 1. The van der Waals surface area contributed by atoms with E-state index in [1.165, 1.54) is 50.8 Å². The normalized spacial score (nSPS) is 47.0. The summed E-state index contributed by atoms with van der Waals surface area (Å²) in [6.07, 6.45) is 8.64. The summed E-state index contributed by atoms with van der Waals surface area (Å²) < 4.78 is 5.99. The second kappa shape index (κ2) is 6.90. The second-order valence-corrected chi connectivity index (χ2v) is 11.5. The van der Waals surface area contributed by atoms with Gasteiger partial charge in [0.2, 0.25) is 0 Å². The van der Waals surface area contributed by atoms with Crippen LogP contribution in [0.2, 0.25) is 0 Å². The van der Waals surface area contributed by atoms with E-state index in [1.807, 2.05) is 0 Å². The number of likely N-dealkylation sites (tertiary alicyclic amines) is 1. The fourth-order valence-electron chi connectivity index (χ4n) is 7.31. The minimum Gasteiger partial charge on any atom is -0.462 e. The number of fused-ring (bicyclic) bond motifs is 2. The Morgan fingerprint density at radius 2 is 2.04 bits per heavy atom. The Morgan fingerprint density at radius 3 is 2.81 bits per heavy atom. The summed E-state index contributed by atoms with van der Waals surface area (Å²) in [6.45, 7) is 17.4. The van der Waals surface area contributed by atoms with Gasteiger partial charge < -0.3 is 9.64 Å². The van der Waals surface area contributed by atoms with Crippen molar-refractivity contribution >= 4 is 5.97 Å². The number of allylic oxidation sites excluding steroid dienone is 1. The lowest BCUT2D eigenvalue weighted by atomic mass is 9.55. The first-order valence-electron chi connectivity index (χ1n) is 11.4. The fraction of sp³-hybridized carbons (Fsp3) is 0.875. The third-order valence-corrected chi connectivity index (χ3v) is 8.45. The maximum atomic E-state index is 12.9. The summed E-state index contributed by atoms with van der Waals surface area (Å²) in [6, 6.07) is 0. The number of hydrogen-bond acceptors (Lipinski definition) is 2. The maximum absolute atomic E-state index is 12.9. The van der Waals surface area contributed by atoms with Crippen LogP contribution in [0.25, 0.3) is 0 Å². The summed E-state index contributed by atoms with van der Waals surface area (Å²) in [5.74, 6) is 2.01.